The van der Waals surface area contributed by atoms with Gasteiger partial charge in [-0.15, -0.1) is 0 Å². The van der Waals surface area contributed by atoms with Gasteiger partial charge < -0.3 is 9.67 Å². The first-order valence-electron chi connectivity index (χ1n) is 5.43. The molecule has 0 aliphatic heterocycles. The van der Waals surface area contributed by atoms with Crippen molar-refractivity contribution in [2.75, 3.05) is 0 Å². The summed E-state index contributed by atoms with van der Waals surface area (Å²) in [6, 6.07) is 7.46. The van der Waals surface area contributed by atoms with Crippen LogP contribution in [-0.2, 0) is 7.05 Å². The molecule has 90 valence electrons. The molecule has 3 rings (SSSR count). The highest BCUT2D eigenvalue weighted by molar-refractivity contribution is 5.78. The zero-order valence-corrected chi connectivity index (χ0v) is 9.63. The molecule has 18 heavy (non-hydrogen) atoms. The van der Waals surface area contributed by atoms with Crippen LogP contribution in [0.3, 0.4) is 0 Å². The molecule has 2 aromatic heterocycles. The van der Waals surface area contributed by atoms with Gasteiger partial charge in [0.25, 0.3) is 0 Å². The second kappa shape index (κ2) is 3.80. The van der Waals surface area contributed by atoms with Crippen LogP contribution in [0.5, 0.6) is 5.75 Å². The average molecular weight is 243 g/mol. The number of phenolic OH excluding ortho intramolecular Hbond substituents is 1. The highest BCUT2D eigenvalue weighted by atomic mass is 19.1. The van der Waals surface area contributed by atoms with Crippen molar-refractivity contribution in [3.05, 3.63) is 42.3 Å². The molecule has 0 saturated heterocycles. The molecule has 1 N–H and O–H groups in total. The number of aryl methyl sites for hydroxylation is 1. The fourth-order valence-corrected chi connectivity index (χ4v) is 1.95. The molecule has 0 atom stereocenters. The summed E-state index contributed by atoms with van der Waals surface area (Å²) in [4.78, 5) is 8.44. The van der Waals surface area contributed by atoms with Crippen molar-refractivity contribution >= 4 is 11.2 Å². The zero-order valence-electron chi connectivity index (χ0n) is 9.63. The predicted molar refractivity (Wildman–Crippen MR) is 65.6 cm³/mol. The molecule has 0 spiro atoms. The van der Waals surface area contributed by atoms with Crippen LogP contribution in [0.2, 0.25) is 0 Å². The van der Waals surface area contributed by atoms with Gasteiger partial charge in [-0.25, -0.2) is 14.4 Å². The van der Waals surface area contributed by atoms with Gasteiger partial charge in [0.05, 0.1) is 11.1 Å². The largest absolute Gasteiger partial charge is 0.507 e. The number of aromatic nitrogens is 3. The number of phenols is 1. The molecular weight excluding hydrogens is 233 g/mol. The van der Waals surface area contributed by atoms with E-state index in [1.54, 1.807) is 23.9 Å². The highest BCUT2D eigenvalue weighted by Crippen LogP contribution is 2.30. The van der Waals surface area contributed by atoms with E-state index in [1.807, 2.05) is 6.07 Å². The van der Waals surface area contributed by atoms with Gasteiger partial charge >= 0.3 is 0 Å². The van der Waals surface area contributed by atoms with Gasteiger partial charge in [0, 0.05) is 13.2 Å². The third-order valence-corrected chi connectivity index (χ3v) is 2.86. The number of hydrogen-bond acceptors (Lipinski definition) is 3. The van der Waals surface area contributed by atoms with Gasteiger partial charge in [-0.3, -0.25) is 0 Å². The molecule has 0 aliphatic rings. The molecule has 5 heteroatoms. The minimum absolute atomic E-state index is 0.00481. The summed E-state index contributed by atoms with van der Waals surface area (Å²) < 4.78 is 15.0. The maximum Gasteiger partial charge on any atom is 0.178 e. The summed E-state index contributed by atoms with van der Waals surface area (Å²) in [6.07, 6.45) is 1.64. The summed E-state index contributed by atoms with van der Waals surface area (Å²) in [5, 5.41) is 9.80. The Labute approximate surface area is 102 Å². The summed E-state index contributed by atoms with van der Waals surface area (Å²) in [5.41, 5.74) is 1.75. The Morgan fingerprint density at radius 3 is 2.89 bits per heavy atom. The number of fused-ring (bicyclic) bond motifs is 1. The van der Waals surface area contributed by atoms with Crippen LogP contribution in [-0.4, -0.2) is 19.6 Å². The first-order chi connectivity index (χ1) is 8.66. The van der Waals surface area contributed by atoms with Gasteiger partial charge in [-0.2, -0.15) is 0 Å². The number of nitrogens with zero attached hydrogens (tertiary/aromatic N) is 3. The normalized spacial score (nSPS) is 11.0. The number of pyridine rings is 1. The van der Waals surface area contributed by atoms with E-state index in [0.717, 1.165) is 5.52 Å². The van der Waals surface area contributed by atoms with Crippen LogP contribution < -0.4 is 0 Å². The molecule has 0 amide bonds. The van der Waals surface area contributed by atoms with E-state index in [9.17, 15) is 9.50 Å². The monoisotopic (exact) mass is 243 g/mol. The minimum Gasteiger partial charge on any atom is -0.507 e. The smallest absolute Gasteiger partial charge is 0.178 e. The lowest BCUT2D eigenvalue weighted by atomic mass is 10.2. The molecular formula is C13H10FN3O. The van der Waals surface area contributed by atoms with Crippen molar-refractivity contribution in [3.8, 4) is 17.1 Å². The Hall–Kier alpha value is -2.43. The standard InChI is InChI=1S/C13H10FN3O/c1-17-10-3-2-6-15-12(10)16-13(17)9-7-8(14)4-5-11(9)18/h2-7,18H,1H3. The first kappa shape index (κ1) is 10.7. The van der Waals surface area contributed by atoms with E-state index in [-0.39, 0.29) is 5.75 Å². The lowest BCUT2D eigenvalue weighted by molar-refractivity contribution is 0.474. The Balaban J connectivity index is 2.31. The summed E-state index contributed by atoms with van der Waals surface area (Å²) >= 11 is 0. The third kappa shape index (κ3) is 1.52. The Bertz CT molecular complexity index is 736. The van der Waals surface area contributed by atoms with Gasteiger partial charge in [0.1, 0.15) is 17.4 Å². The SMILES string of the molecule is Cn1c(-c2cc(F)ccc2O)nc2ncccc21. The Kier molecular flexibility index (Phi) is 2.26. The van der Waals surface area contributed by atoms with Gasteiger partial charge in [-0.1, -0.05) is 0 Å². The lowest BCUT2D eigenvalue weighted by Gasteiger charge is -2.04. The quantitative estimate of drug-likeness (QED) is 0.714. The predicted octanol–water partition coefficient (Wildman–Crippen LogP) is 2.48. The minimum atomic E-state index is -0.414. The van der Waals surface area contributed by atoms with Crippen molar-refractivity contribution in [3.63, 3.8) is 0 Å². The second-order valence-electron chi connectivity index (χ2n) is 4.00. The molecule has 3 aromatic rings. The van der Waals surface area contributed by atoms with Crippen LogP contribution in [0.25, 0.3) is 22.6 Å². The average Bonchev–Trinajstić information content (AvgIpc) is 2.71. The van der Waals surface area contributed by atoms with Crippen LogP contribution in [0.1, 0.15) is 0 Å². The maximum absolute atomic E-state index is 13.3. The zero-order chi connectivity index (χ0) is 12.7. The molecule has 1 aromatic carbocycles. The van der Waals surface area contributed by atoms with Gasteiger partial charge in [0.15, 0.2) is 5.65 Å². The topological polar surface area (TPSA) is 50.9 Å². The fourth-order valence-electron chi connectivity index (χ4n) is 1.95. The number of aromatic hydroxyl groups is 1. The number of hydrogen-bond donors (Lipinski definition) is 1. The van der Waals surface area contributed by atoms with E-state index < -0.39 is 5.82 Å². The van der Waals surface area contributed by atoms with Crippen LogP contribution in [0, 0.1) is 5.82 Å². The summed E-state index contributed by atoms with van der Waals surface area (Å²) in [6.45, 7) is 0. The van der Waals surface area contributed by atoms with E-state index in [2.05, 4.69) is 9.97 Å². The molecule has 0 fully saturated rings. The van der Waals surface area contributed by atoms with Crippen molar-refractivity contribution in [2.24, 2.45) is 7.05 Å². The Morgan fingerprint density at radius 1 is 1.28 bits per heavy atom. The second-order valence-corrected chi connectivity index (χ2v) is 4.00. The van der Waals surface area contributed by atoms with E-state index in [0.29, 0.717) is 17.0 Å². The number of rotatable bonds is 1. The van der Waals surface area contributed by atoms with Crippen LogP contribution >= 0.6 is 0 Å². The molecule has 0 aliphatic carbocycles. The van der Waals surface area contributed by atoms with Gasteiger partial charge in [-0.05, 0) is 30.3 Å². The number of imidazole rings is 1. The molecule has 0 radical (unpaired) electrons. The van der Waals surface area contributed by atoms with Crippen molar-refractivity contribution < 1.29 is 9.50 Å². The molecule has 0 unspecified atom stereocenters. The molecule has 0 bridgehead atoms. The lowest BCUT2D eigenvalue weighted by Crippen LogP contribution is -1.93. The number of halogens is 1. The van der Waals surface area contributed by atoms with Crippen LogP contribution in [0.4, 0.5) is 4.39 Å². The first-order valence-corrected chi connectivity index (χ1v) is 5.43. The Morgan fingerprint density at radius 2 is 2.11 bits per heavy atom. The fraction of sp³-hybridized carbons (Fsp3) is 0.0769. The number of benzene rings is 1. The third-order valence-electron chi connectivity index (χ3n) is 2.86. The molecule has 2 heterocycles. The van der Waals surface area contributed by atoms with Crippen molar-refractivity contribution in [2.45, 2.75) is 0 Å². The van der Waals surface area contributed by atoms with E-state index in [4.69, 9.17) is 0 Å². The highest BCUT2D eigenvalue weighted by Gasteiger charge is 2.14. The van der Waals surface area contributed by atoms with Crippen molar-refractivity contribution in [1.29, 1.82) is 0 Å². The molecule has 4 nitrogen and oxygen atoms in total. The van der Waals surface area contributed by atoms with Crippen molar-refractivity contribution in [1.82, 2.24) is 14.5 Å². The summed E-state index contributed by atoms with van der Waals surface area (Å²) in [5.74, 6) is 0.0679. The van der Waals surface area contributed by atoms with Crippen LogP contribution in [0.15, 0.2) is 36.5 Å². The van der Waals surface area contributed by atoms with Gasteiger partial charge in [0.2, 0.25) is 0 Å². The molecule has 0 saturated carbocycles. The summed E-state index contributed by atoms with van der Waals surface area (Å²) in [7, 11) is 1.80. The van der Waals surface area contributed by atoms with E-state index >= 15 is 0 Å². The van der Waals surface area contributed by atoms with E-state index in [1.165, 1.54) is 18.2 Å². The maximum atomic E-state index is 13.3.